The second kappa shape index (κ2) is 8.18. The molecule has 0 fully saturated rings. The number of carbonyl (C=O) groups is 2. The smallest absolute Gasteiger partial charge is 0.338 e. The molecule has 2 aromatic carbocycles. The number of amides is 1. The number of ether oxygens (including phenoxy) is 1. The van der Waals surface area contributed by atoms with E-state index in [4.69, 9.17) is 10.00 Å². The molecule has 28 heavy (non-hydrogen) atoms. The van der Waals surface area contributed by atoms with Crippen LogP contribution in [0.25, 0.3) is 5.69 Å². The molecule has 1 N–H and O–H groups in total. The van der Waals surface area contributed by atoms with E-state index in [-0.39, 0.29) is 0 Å². The maximum Gasteiger partial charge on any atom is 0.338 e. The summed E-state index contributed by atoms with van der Waals surface area (Å²) in [6.07, 6.45) is 0. The predicted octanol–water partition coefficient (Wildman–Crippen LogP) is 3.16. The quantitative estimate of drug-likeness (QED) is 0.692. The highest BCUT2D eigenvalue weighted by molar-refractivity contribution is 5.95. The zero-order chi connectivity index (χ0) is 20.1. The van der Waals surface area contributed by atoms with Crippen LogP contribution in [0, 0.1) is 25.2 Å². The van der Waals surface area contributed by atoms with Crippen molar-refractivity contribution < 1.29 is 14.3 Å². The summed E-state index contributed by atoms with van der Waals surface area (Å²) in [7, 11) is 0. The Bertz CT molecular complexity index is 1040. The first kappa shape index (κ1) is 18.9. The third-order valence-electron chi connectivity index (χ3n) is 3.99. The fraction of sp³-hybridized carbons (Fsp3) is 0.143. The Morgan fingerprint density at radius 1 is 1.11 bits per heavy atom. The monoisotopic (exact) mass is 374 g/mol. The summed E-state index contributed by atoms with van der Waals surface area (Å²) in [4.78, 5) is 24.1. The van der Waals surface area contributed by atoms with Crippen LogP contribution in [0.5, 0.6) is 0 Å². The van der Waals surface area contributed by atoms with Gasteiger partial charge in [-0.25, -0.2) is 9.48 Å². The molecule has 0 atom stereocenters. The van der Waals surface area contributed by atoms with Crippen molar-refractivity contribution >= 4 is 17.6 Å². The molecule has 1 amide bonds. The summed E-state index contributed by atoms with van der Waals surface area (Å²) in [5.41, 5.74) is 4.10. The molecule has 0 saturated heterocycles. The molecule has 0 saturated carbocycles. The number of benzene rings is 2. The highest BCUT2D eigenvalue weighted by Gasteiger charge is 2.11. The number of anilines is 1. The number of aromatic nitrogens is 2. The molecule has 0 radical (unpaired) electrons. The summed E-state index contributed by atoms with van der Waals surface area (Å²) < 4.78 is 6.84. The maximum atomic E-state index is 12.1. The first-order valence-electron chi connectivity index (χ1n) is 8.57. The van der Waals surface area contributed by atoms with E-state index >= 15 is 0 Å². The van der Waals surface area contributed by atoms with Gasteiger partial charge in [-0.1, -0.05) is 0 Å². The van der Waals surface area contributed by atoms with Crippen molar-refractivity contribution in [3.63, 3.8) is 0 Å². The van der Waals surface area contributed by atoms with Crippen molar-refractivity contribution in [2.45, 2.75) is 13.8 Å². The lowest BCUT2D eigenvalue weighted by atomic mass is 10.2. The topological polar surface area (TPSA) is 97.0 Å². The zero-order valence-electron chi connectivity index (χ0n) is 15.5. The van der Waals surface area contributed by atoms with Crippen LogP contribution in [0.2, 0.25) is 0 Å². The van der Waals surface area contributed by atoms with Crippen LogP contribution >= 0.6 is 0 Å². The molecule has 0 spiro atoms. The zero-order valence-corrected chi connectivity index (χ0v) is 15.5. The van der Waals surface area contributed by atoms with Gasteiger partial charge in [0.1, 0.15) is 0 Å². The summed E-state index contributed by atoms with van der Waals surface area (Å²) in [5.74, 6) is -1.05. The second-order valence-corrected chi connectivity index (χ2v) is 6.20. The Labute approximate surface area is 162 Å². The molecular formula is C21H18N4O3. The molecule has 140 valence electrons. The Balaban J connectivity index is 1.56. The van der Waals surface area contributed by atoms with E-state index in [2.05, 4.69) is 10.4 Å². The van der Waals surface area contributed by atoms with Gasteiger partial charge in [0.15, 0.2) is 6.61 Å². The number of nitrogens with zero attached hydrogens (tertiary/aromatic N) is 3. The van der Waals surface area contributed by atoms with Gasteiger partial charge >= 0.3 is 5.97 Å². The molecule has 0 bridgehead atoms. The average molecular weight is 374 g/mol. The van der Waals surface area contributed by atoms with E-state index in [0.717, 1.165) is 17.1 Å². The van der Waals surface area contributed by atoms with Crippen LogP contribution in [0.1, 0.15) is 27.3 Å². The number of rotatable bonds is 5. The number of hydrogen-bond acceptors (Lipinski definition) is 5. The Hall–Kier alpha value is -3.92. The minimum Gasteiger partial charge on any atom is -0.452 e. The SMILES string of the molecule is Cc1cc(C)n(-c2ccc(C(=O)OCC(=O)Nc3ccc(C#N)cc3)cc2)n1. The lowest BCUT2D eigenvalue weighted by Crippen LogP contribution is -2.20. The Morgan fingerprint density at radius 3 is 2.36 bits per heavy atom. The van der Waals surface area contributed by atoms with Gasteiger partial charge in [0.2, 0.25) is 0 Å². The molecule has 3 rings (SSSR count). The van der Waals surface area contributed by atoms with E-state index in [1.165, 1.54) is 0 Å². The third-order valence-corrected chi connectivity index (χ3v) is 3.99. The van der Waals surface area contributed by atoms with Crippen LogP contribution in [0.4, 0.5) is 5.69 Å². The molecule has 0 aliphatic heterocycles. The number of nitrogens with one attached hydrogen (secondary N) is 1. The van der Waals surface area contributed by atoms with Crippen molar-refractivity contribution in [1.29, 1.82) is 5.26 Å². The average Bonchev–Trinajstić information content (AvgIpc) is 3.05. The van der Waals surface area contributed by atoms with Gasteiger partial charge in [-0.3, -0.25) is 4.79 Å². The van der Waals surface area contributed by atoms with Crippen molar-refractivity contribution in [3.05, 3.63) is 77.1 Å². The van der Waals surface area contributed by atoms with E-state index in [1.54, 1.807) is 53.2 Å². The molecular weight excluding hydrogens is 356 g/mol. The molecule has 0 aliphatic carbocycles. The van der Waals surface area contributed by atoms with Gasteiger partial charge < -0.3 is 10.1 Å². The number of nitriles is 1. The molecule has 7 nitrogen and oxygen atoms in total. The molecule has 0 aliphatic rings. The van der Waals surface area contributed by atoms with Gasteiger partial charge in [0.05, 0.1) is 28.6 Å². The normalized spacial score (nSPS) is 10.2. The van der Waals surface area contributed by atoms with Crippen LogP contribution in [0.3, 0.4) is 0 Å². The summed E-state index contributed by atoms with van der Waals surface area (Å²) >= 11 is 0. The highest BCUT2D eigenvalue weighted by atomic mass is 16.5. The van der Waals surface area contributed by atoms with E-state index in [9.17, 15) is 9.59 Å². The van der Waals surface area contributed by atoms with Gasteiger partial charge in [0.25, 0.3) is 5.91 Å². The first-order valence-corrected chi connectivity index (χ1v) is 8.57. The standard InChI is InChI=1S/C21H18N4O3/c1-14-11-15(2)25(24-14)19-9-5-17(6-10-19)21(27)28-13-20(26)23-18-7-3-16(12-22)4-8-18/h3-11H,13H2,1-2H3,(H,23,26). The lowest BCUT2D eigenvalue weighted by Gasteiger charge is -2.08. The van der Waals surface area contributed by atoms with Crippen LogP contribution in [0.15, 0.2) is 54.6 Å². The van der Waals surface area contributed by atoms with Crippen molar-refractivity contribution in [1.82, 2.24) is 9.78 Å². The van der Waals surface area contributed by atoms with Crippen LogP contribution in [-0.2, 0) is 9.53 Å². The van der Waals surface area contributed by atoms with E-state index < -0.39 is 18.5 Å². The number of esters is 1. The fourth-order valence-corrected chi connectivity index (χ4v) is 2.67. The minimum atomic E-state index is -0.588. The van der Waals surface area contributed by atoms with Crippen molar-refractivity contribution in [2.24, 2.45) is 0 Å². The number of aryl methyl sites for hydroxylation is 2. The van der Waals surface area contributed by atoms with E-state index in [1.807, 2.05) is 26.0 Å². The highest BCUT2D eigenvalue weighted by Crippen LogP contribution is 2.14. The molecule has 1 aromatic heterocycles. The van der Waals surface area contributed by atoms with Gasteiger partial charge in [0, 0.05) is 11.4 Å². The predicted molar refractivity (Wildman–Crippen MR) is 103 cm³/mol. The van der Waals surface area contributed by atoms with Crippen molar-refractivity contribution in [2.75, 3.05) is 11.9 Å². The lowest BCUT2D eigenvalue weighted by molar-refractivity contribution is -0.119. The summed E-state index contributed by atoms with van der Waals surface area (Å²) in [5, 5.41) is 15.8. The molecule has 1 heterocycles. The fourth-order valence-electron chi connectivity index (χ4n) is 2.67. The summed E-state index contributed by atoms with van der Waals surface area (Å²) in [6, 6.07) is 17.2. The molecule has 0 unspecified atom stereocenters. The van der Waals surface area contributed by atoms with Gasteiger partial charge in [-0.15, -0.1) is 0 Å². The Kier molecular flexibility index (Phi) is 5.51. The maximum absolute atomic E-state index is 12.1. The van der Waals surface area contributed by atoms with Crippen LogP contribution < -0.4 is 5.32 Å². The number of hydrogen-bond donors (Lipinski definition) is 1. The minimum absolute atomic E-state index is 0.344. The van der Waals surface area contributed by atoms with Crippen LogP contribution in [-0.4, -0.2) is 28.3 Å². The second-order valence-electron chi connectivity index (χ2n) is 6.20. The van der Waals surface area contributed by atoms with Gasteiger partial charge in [-0.2, -0.15) is 10.4 Å². The molecule has 7 heteroatoms. The third kappa shape index (κ3) is 4.43. The number of carbonyl (C=O) groups excluding carboxylic acids is 2. The van der Waals surface area contributed by atoms with Gasteiger partial charge in [-0.05, 0) is 68.4 Å². The first-order chi connectivity index (χ1) is 13.5. The largest absolute Gasteiger partial charge is 0.452 e. The van der Waals surface area contributed by atoms with Crippen molar-refractivity contribution in [3.8, 4) is 11.8 Å². The molecule has 3 aromatic rings. The van der Waals surface area contributed by atoms with E-state index in [0.29, 0.717) is 16.8 Å². The Morgan fingerprint density at radius 2 is 1.79 bits per heavy atom. The summed E-state index contributed by atoms with van der Waals surface area (Å²) in [6.45, 7) is 3.46.